The maximum absolute atomic E-state index is 11.3. The van der Waals surface area contributed by atoms with Gasteiger partial charge in [-0.3, -0.25) is 4.79 Å². The lowest BCUT2D eigenvalue weighted by atomic mass is 9.99. The standard InChI is InChI=1S/C15H13N3O/c1-9-11(3-2-4-12(9)16)10-5-6-13-14(7-10)18-15(19)8-17-13/h2-8H,16H2,1H3,(H,18,19). The Hall–Kier alpha value is -2.62. The van der Waals surface area contributed by atoms with Gasteiger partial charge in [0.05, 0.1) is 17.2 Å². The zero-order valence-electron chi connectivity index (χ0n) is 10.5. The lowest BCUT2D eigenvalue weighted by Crippen LogP contribution is -2.04. The molecule has 0 aliphatic heterocycles. The van der Waals surface area contributed by atoms with Crippen LogP contribution >= 0.6 is 0 Å². The van der Waals surface area contributed by atoms with Crippen molar-refractivity contribution in [3.05, 3.63) is 58.5 Å². The van der Waals surface area contributed by atoms with Crippen molar-refractivity contribution >= 4 is 16.7 Å². The molecule has 0 amide bonds. The minimum atomic E-state index is -0.200. The van der Waals surface area contributed by atoms with E-state index in [1.807, 2.05) is 43.3 Å². The number of nitrogens with two attached hydrogens (primary N) is 1. The number of H-pyrrole nitrogens is 1. The second-order valence-electron chi connectivity index (χ2n) is 4.50. The van der Waals surface area contributed by atoms with Crippen molar-refractivity contribution in [3.8, 4) is 11.1 Å². The lowest BCUT2D eigenvalue weighted by molar-refractivity contribution is 1.22. The molecule has 3 rings (SSSR count). The Morgan fingerprint density at radius 3 is 2.89 bits per heavy atom. The van der Waals surface area contributed by atoms with Gasteiger partial charge in [-0.25, -0.2) is 4.98 Å². The fraction of sp³-hybridized carbons (Fsp3) is 0.0667. The highest BCUT2D eigenvalue weighted by Gasteiger charge is 2.05. The van der Waals surface area contributed by atoms with Crippen LogP contribution in [0.15, 0.2) is 47.4 Å². The van der Waals surface area contributed by atoms with Crippen LogP contribution in [-0.2, 0) is 0 Å². The van der Waals surface area contributed by atoms with E-state index in [2.05, 4.69) is 9.97 Å². The second kappa shape index (κ2) is 4.24. The number of benzene rings is 2. The van der Waals surface area contributed by atoms with Gasteiger partial charge in [-0.1, -0.05) is 18.2 Å². The molecule has 4 heteroatoms. The Kier molecular flexibility index (Phi) is 2.56. The van der Waals surface area contributed by atoms with E-state index in [9.17, 15) is 4.79 Å². The number of anilines is 1. The molecule has 0 saturated heterocycles. The zero-order valence-corrected chi connectivity index (χ0v) is 10.5. The van der Waals surface area contributed by atoms with Crippen LogP contribution in [0.4, 0.5) is 5.69 Å². The molecule has 3 aromatic rings. The first-order valence-electron chi connectivity index (χ1n) is 6.00. The highest BCUT2D eigenvalue weighted by atomic mass is 16.1. The first-order chi connectivity index (χ1) is 9.15. The van der Waals surface area contributed by atoms with Gasteiger partial charge < -0.3 is 10.7 Å². The summed E-state index contributed by atoms with van der Waals surface area (Å²) in [7, 11) is 0. The van der Waals surface area contributed by atoms with Crippen LogP contribution in [-0.4, -0.2) is 9.97 Å². The van der Waals surface area contributed by atoms with Crippen molar-refractivity contribution in [1.29, 1.82) is 0 Å². The maximum atomic E-state index is 11.3. The van der Waals surface area contributed by atoms with E-state index in [4.69, 9.17) is 5.73 Å². The average Bonchev–Trinajstić information content (AvgIpc) is 2.41. The molecular weight excluding hydrogens is 238 g/mol. The molecule has 2 aromatic carbocycles. The molecule has 0 saturated carbocycles. The second-order valence-corrected chi connectivity index (χ2v) is 4.50. The van der Waals surface area contributed by atoms with Crippen molar-refractivity contribution in [2.45, 2.75) is 6.92 Å². The zero-order chi connectivity index (χ0) is 13.4. The van der Waals surface area contributed by atoms with Gasteiger partial charge in [0, 0.05) is 5.69 Å². The van der Waals surface area contributed by atoms with Crippen molar-refractivity contribution < 1.29 is 0 Å². The Balaban J connectivity index is 2.25. The minimum Gasteiger partial charge on any atom is -0.398 e. The number of nitrogens with one attached hydrogen (secondary N) is 1. The summed E-state index contributed by atoms with van der Waals surface area (Å²) in [5.41, 5.74) is 11.1. The summed E-state index contributed by atoms with van der Waals surface area (Å²) in [5.74, 6) is 0. The van der Waals surface area contributed by atoms with Crippen molar-refractivity contribution in [2.75, 3.05) is 5.73 Å². The van der Waals surface area contributed by atoms with Crippen LogP contribution in [0.25, 0.3) is 22.2 Å². The molecule has 0 unspecified atom stereocenters. The van der Waals surface area contributed by atoms with E-state index >= 15 is 0 Å². The predicted octanol–water partition coefficient (Wildman–Crippen LogP) is 2.48. The number of fused-ring (bicyclic) bond motifs is 1. The van der Waals surface area contributed by atoms with Gasteiger partial charge in [-0.05, 0) is 41.8 Å². The number of hydrogen-bond donors (Lipinski definition) is 2. The normalized spacial score (nSPS) is 10.8. The van der Waals surface area contributed by atoms with Gasteiger partial charge in [-0.15, -0.1) is 0 Å². The summed E-state index contributed by atoms with van der Waals surface area (Å²) in [6, 6.07) is 11.6. The first kappa shape index (κ1) is 11.5. The molecule has 3 N–H and O–H groups in total. The Morgan fingerprint density at radius 2 is 2.05 bits per heavy atom. The highest BCUT2D eigenvalue weighted by Crippen LogP contribution is 2.28. The third-order valence-corrected chi connectivity index (χ3v) is 3.26. The molecule has 0 spiro atoms. The third-order valence-electron chi connectivity index (χ3n) is 3.26. The van der Waals surface area contributed by atoms with Crippen LogP contribution in [0, 0.1) is 6.92 Å². The highest BCUT2D eigenvalue weighted by molar-refractivity contribution is 5.83. The molecule has 4 nitrogen and oxygen atoms in total. The molecule has 0 aliphatic rings. The number of aromatic nitrogens is 2. The number of rotatable bonds is 1. The quantitative estimate of drug-likeness (QED) is 0.653. The van der Waals surface area contributed by atoms with E-state index in [-0.39, 0.29) is 5.56 Å². The van der Waals surface area contributed by atoms with Gasteiger partial charge in [0.15, 0.2) is 0 Å². The molecule has 1 heterocycles. The number of aromatic amines is 1. The van der Waals surface area contributed by atoms with Gasteiger partial charge in [-0.2, -0.15) is 0 Å². The SMILES string of the molecule is Cc1c(N)cccc1-c1ccc2ncc(=O)[nH]c2c1. The minimum absolute atomic E-state index is 0.200. The fourth-order valence-electron chi connectivity index (χ4n) is 2.18. The van der Waals surface area contributed by atoms with Crippen molar-refractivity contribution in [3.63, 3.8) is 0 Å². The van der Waals surface area contributed by atoms with Crippen molar-refractivity contribution in [2.24, 2.45) is 0 Å². The van der Waals surface area contributed by atoms with Gasteiger partial charge in [0.25, 0.3) is 5.56 Å². The molecule has 0 fully saturated rings. The third kappa shape index (κ3) is 1.97. The Labute approximate surface area is 109 Å². The molecule has 0 atom stereocenters. The summed E-state index contributed by atoms with van der Waals surface area (Å²) in [6.45, 7) is 1.99. The largest absolute Gasteiger partial charge is 0.398 e. The van der Waals surface area contributed by atoms with E-state index < -0.39 is 0 Å². The first-order valence-corrected chi connectivity index (χ1v) is 6.00. The molecule has 0 radical (unpaired) electrons. The smallest absolute Gasteiger partial charge is 0.266 e. The van der Waals surface area contributed by atoms with Crippen LogP contribution < -0.4 is 11.3 Å². The molecule has 1 aromatic heterocycles. The summed E-state index contributed by atoms with van der Waals surface area (Å²) in [6.07, 6.45) is 1.29. The summed E-state index contributed by atoms with van der Waals surface area (Å²) < 4.78 is 0. The summed E-state index contributed by atoms with van der Waals surface area (Å²) in [4.78, 5) is 18.2. The molecule has 0 aliphatic carbocycles. The maximum Gasteiger partial charge on any atom is 0.266 e. The van der Waals surface area contributed by atoms with Crippen LogP contribution in [0.5, 0.6) is 0 Å². The number of nitrogens with zero attached hydrogens (tertiary/aromatic N) is 1. The van der Waals surface area contributed by atoms with Crippen molar-refractivity contribution in [1.82, 2.24) is 9.97 Å². The van der Waals surface area contributed by atoms with Gasteiger partial charge >= 0.3 is 0 Å². The molecule has 19 heavy (non-hydrogen) atoms. The summed E-state index contributed by atoms with van der Waals surface area (Å²) in [5, 5.41) is 0. The lowest BCUT2D eigenvalue weighted by Gasteiger charge is -2.09. The Bertz CT molecular complexity index is 821. The monoisotopic (exact) mass is 251 g/mol. The number of hydrogen-bond acceptors (Lipinski definition) is 3. The van der Waals surface area contributed by atoms with E-state index in [1.165, 1.54) is 6.20 Å². The average molecular weight is 251 g/mol. The Morgan fingerprint density at radius 1 is 1.21 bits per heavy atom. The van der Waals surface area contributed by atoms with E-state index in [0.717, 1.165) is 33.4 Å². The molecule has 94 valence electrons. The van der Waals surface area contributed by atoms with Crippen LogP contribution in [0.1, 0.15) is 5.56 Å². The fourth-order valence-corrected chi connectivity index (χ4v) is 2.18. The van der Waals surface area contributed by atoms with E-state index in [1.54, 1.807) is 0 Å². The summed E-state index contributed by atoms with van der Waals surface area (Å²) >= 11 is 0. The predicted molar refractivity (Wildman–Crippen MR) is 76.9 cm³/mol. The van der Waals surface area contributed by atoms with Crippen LogP contribution in [0.3, 0.4) is 0 Å². The van der Waals surface area contributed by atoms with E-state index in [0.29, 0.717) is 0 Å². The van der Waals surface area contributed by atoms with Gasteiger partial charge in [0.1, 0.15) is 0 Å². The topological polar surface area (TPSA) is 71.8 Å². The molecule has 0 bridgehead atoms. The number of nitrogen functional groups attached to an aromatic ring is 1. The van der Waals surface area contributed by atoms with Crippen LogP contribution in [0.2, 0.25) is 0 Å². The van der Waals surface area contributed by atoms with Gasteiger partial charge in [0.2, 0.25) is 0 Å². The molecular formula is C15H13N3O.